The van der Waals surface area contributed by atoms with Gasteiger partial charge in [-0.1, -0.05) is 34.8 Å². The fourth-order valence-corrected chi connectivity index (χ4v) is 2.63. The first-order chi connectivity index (χ1) is 11.3. The molecule has 2 N–H and O–H groups in total. The summed E-state index contributed by atoms with van der Waals surface area (Å²) in [5, 5.41) is 16.4. The number of thiocarbonyl (C=S) groups is 1. The first-order valence-corrected chi connectivity index (χ1v) is 7.83. The number of nitrogens with zero attached hydrogens (tertiary/aromatic N) is 1. The summed E-state index contributed by atoms with van der Waals surface area (Å²) in [7, 11) is 0. The summed E-state index contributed by atoms with van der Waals surface area (Å²) in [6.07, 6.45) is 0. The number of halogens is 3. The third kappa shape index (κ3) is 4.55. The number of anilines is 1. The summed E-state index contributed by atoms with van der Waals surface area (Å²) in [6.45, 7) is 0. The van der Waals surface area contributed by atoms with E-state index in [0.717, 1.165) is 0 Å². The van der Waals surface area contributed by atoms with Gasteiger partial charge in [0.2, 0.25) is 0 Å². The van der Waals surface area contributed by atoms with Crippen molar-refractivity contribution in [1.82, 2.24) is 5.32 Å². The molecule has 0 bridgehead atoms. The molecule has 0 spiro atoms. The van der Waals surface area contributed by atoms with Crippen LogP contribution in [0.25, 0.3) is 0 Å². The molecule has 6 nitrogen and oxygen atoms in total. The van der Waals surface area contributed by atoms with Crippen molar-refractivity contribution in [3.05, 3.63) is 67.1 Å². The van der Waals surface area contributed by atoms with Gasteiger partial charge in [0.25, 0.3) is 11.6 Å². The Morgan fingerprint density at radius 2 is 1.79 bits per heavy atom. The van der Waals surface area contributed by atoms with Crippen LogP contribution < -0.4 is 10.6 Å². The lowest BCUT2D eigenvalue weighted by Gasteiger charge is -2.10. The third-order valence-corrected chi connectivity index (χ3v) is 3.88. The molecule has 0 radical (unpaired) electrons. The minimum Gasteiger partial charge on any atom is -0.332 e. The van der Waals surface area contributed by atoms with E-state index in [1.165, 1.54) is 36.4 Å². The van der Waals surface area contributed by atoms with Gasteiger partial charge in [0.05, 0.1) is 15.5 Å². The van der Waals surface area contributed by atoms with Crippen molar-refractivity contribution in [2.24, 2.45) is 0 Å². The fourth-order valence-electron chi connectivity index (χ4n) is 1.74. The molecular formula is C14H8Cl3N3O3S. The van der Waals surface area contributed by atoms with E-state index in [-0.39, 0.29) is 26.4 Å². The zero-order valence-electron chi connectivity index (χ0n) is 11.7. The Morgan fingerprint density at radius 1 is 1.08 bits per heavy atom. The van der Waals surface area contributed by atoms with Crippen LogP contribution >= 0.6 is 47.0 Å². The van der Waals surface area contributed by atoms with Gasteiger partial charge in [-0.15, -0.1) is 0 Å². The number of nitrogens with one attached hydrogen (secondary N) is 2. The van der Waals surface area contributed by atoms with Gasteiger partial charge in [-0.2, -0.15) is 0 Å². The number of nitro benzene ring substituents is 1. The lowest BCUT2D eigenvalue weighted by Crippen LogP contribution is -2.34. The third-order valence-electron chi connectivity index (χ3n) is 2.80. The van der Waals surface area contributed by atoms with Crippen molar-refractivity contribution >= 4 is 69.4 Å². The molecule has 2 aromatic carbocycles. The lowest BCUT2D eigenvalue weighted by atomic mass is 10.2. The molecule has 0 aromatic heterocycles. The molecule has 124 valence electrons. The monoisotopic (exact) mass is 403 g/mol. The zero-order chi connectivity index (χ0) is 17.9. The largest absolute Gasteiger partial charge is 0.332 e. The molecule has 0 unspecified atom stereocenters. The Bertz CT molecular complexity index is 845. The molecule has 0 aliphatic heterocycles. The molecule has 0 atom stereocenters. The second-order valence-corrected chi connectivity index (χ2v) is 6.11. The molecule has 10 heteroatoms. The average molecular weight is 405 g/mol. The summed E-state index contributed by atoms with van der Waals surface area (Å²) in [5.74, 6) is -0.544. The van der Waals surface area contributed by atoms with Gasteiger partial charge in [-0.25, -0.2) is 0 Å². The van der Waals surface area contributed by atoms with Gasteiger partial charge in [0.1, 0.15) is 5.02 Å². The molecule has 2 rings (SSSR count). The predicted molar refractivity (Wildman–Crippen MR) is 98.3 cm³/mol. The second kappa shape index (κ2) is 7.76. The smallest absolute Gasteiger partial charge is 0.289 e. The van der Waals surface area contributed by atoms with Crippen LogP contribution in [0.4, 0.5) is 11.4 Å². The standard InChI is InChI=1S/C14H8Cl3N3O3S/c15-7-1-3-9(11(17)5-7)13(21)19-14(24)18-8-2-4-10(16)12(6-8)20(22)23/h1-6H,(H2,18,19,21,24). The van der Waals surface area contributed by atoms with E-state index in [1.807, 2.05) is 0 Å². The minimum atomic E-state index is -0.622. The number of hydrogen-bond donors (Lipinski definition) is 2. The van der Waals surface area contributed by atoms with E-state index in [9.17, 15) is 14.9 Å². The Hall–Kier alpha value is -1.93. The average Bonchev–Trinajstić information content (AvgIpc) is 2.48. The van der Waals surface area contributed by atoms with E-state index in [2.05, 4.69) is 10.6 Å². The second-order valence-electron chi connectivity index (χ2n) is 4.46. The number of nitro groups is 1. The molecule has 0 aliphatic rings. The van der Waals surface area contributed by atoms with Crippen molar-refractivity contribution in [3.8, 4) is 0 Å². The number of carbonyl (C=O) groups excluding carboxylic acids is 1. The van der Waals surface area contributed by atoms with Gasteiger partial charge in [-0.05, 0) is 42.5 Å². The van der Waals surface area contributed by atoms with Gasteiger partial charge in [-0.3, -0.25) is 20.2 Å². The SMILES string of the molecule is O=C(NC(=S)Nc1ccc(Cl)c([N+](=O)[O-])c1)c1ccc(Cl)cc1Cl. The molecule has 1 amide bonds. The molecule has 2 aromatic rings. The first-order valence-electron chi connectivity index (χ1n) is 6.29. The topological polar surface area (TPSA) is 84.3 Å². The summed E-state index contributed by atoms with van der Waals surface area (Å²) < 4.78 is 0. The molecule has 0 aliphatic carbocycles. The van der Waals surface area contributed by atoms with Gasteiger partial charge in [0.15, 0.2) is 5.11 Å². The van der Waals surface area contributed by atoms with Crippen LogP contribution in [0, 0.1) is 10.1 Å². The van der Waals surface area contributed by atoms with Crippen LogP contribution in [0.5, 0.6) is 0 Å². The van der Waals surface area contributed by atoms with Crippen molar-refractivity contribution < 1.29 is 9.72 Å². The van der Waals surface area contributed by atoms with E-state index >= 15 is 0 Å². The Balaban J connectivity index is 2.09. The molecule has 0 saturated heterocycles. The Kier molecular flexibility index (Phi) is 5.95. The van der Waals surface area contributed by atoms with E-state index < -0.39 is 10.8 Å². The quantitative estimate of drug-likeness (QED) is 0.441. The minimum absolute atomic E-state index is 0.00606. The predicted octanol–water partition coefficient (Wildman–Crippen LogP) is 4.68. The summed E-state index contributed by atoms with van der Waals surface area (Å²) in [6, 6.07) is 8.44. The molecule has 0 heterocycles. The number of benzene rings is 2. The normalized spacial score (nSPS) is 10.1. The van der Waals surface area contributed by atoms with Crippen molar-refractivity contribution in [2.75, 3.05) is 5.32 Å². The van der Waals surface area contributed by atoms with Gasteiger partial charge >= 0.3 is 0 Å². The van der Waals surface area contributed by atoms with Gasteiger partial charge in [0, 0.05) is 16.8 Å². The maximum Gasteiger partial charge on any atom is 0.289 e. The van der Waals surface area contributed by atoms with Crippen LogP contribution in [0.3, 0.4) is 0 Å². The highest BCUT2D eigenvalue weighted by Crippen LogP contribution is 2.27. The van der Waals surface area contributed by atoms with E-state index in [1.54, 1.807) is 0 Å². The summed E-state index contributed by atoms with van der Waals surface area (Å²) in [5.41, 5.74) is 0.211. The number of amides is 1. The molecule has 0 saturated carbocycles. The fraction of sp³-hybridized carbons (Fsp3) is 0. The van der Waals surface area contributed by atoms with Crippen molar-refractivity contribution in [2.45, 2.75) is 0 Å². The van der Waals surface area contributed by atoms with Crippen LogP contribution in [0.15, 0.2) is 36.4 Å². The van der Waals surface area contributed by atoms with Crippen molar-refractivity contribution in [3.63, 3.8) is 0 Å². The molecule has 0 fully saturated rings. The Labute approximate surface area is 156 Å². The van der Waals surface area contributed by atoms with Crippen LogP contribution in [-0.4, -0.2) is 15.9 Å². The highest BCUT2D eigenvalue weighted by Gasteiger charge is 2.15. The Morgan fingerprint density at radius 3 is 2.42 bits per heavy atom. The number of hydrogen-bond acceptors (Lipinski definition) is 4. The summed E-state index contributed by atoms with van der Waals surface area (Å²) in [4.78, 5) is 22.3. The van der Waals surface area contributed by atoms with Crippen LogP contribution in [0.2, 0.25) is 15.1 Å². The van der Waals surface area contributed by atoms with E-state index in [0.29, 0.717) is 10.7 Å². The zero-order valence-corrected chi connectivity index (χ0v) is 14.8. The highest BCUT2D eigenvalue weighted by molar-refractivity contribution is 7.80. The molecular weight excluding hydrogens is 397 g/mol. The molecule has 24 heavy (non-hydrogen) atoms. The van der Waals surface area contributed by atoms with Crippen molar-refractivity contribution in [1.29, 1.82) is 0 Å². The lowest BCUT2D eigenvalue weighted by molar-refractivity contribution is -0.384. The van der Waals surface area contributed by atoms with Crippen LogP contribution in [-0.2, 0) is 0 Å². The first kappa shape index (κ1) is 18.4. The highest BCUT2D eigenvalue weighted by atomic mass is 35.5. The number of carbonyl (C=O) groups is 1. The maximum atomic E-state index is 12.1. The van der Waals surface area contributed by atoms with Crippen LogP contribution in [0.1, 0.15) is 10.4 Å². The van der Waals surface area contributed by atoms with Gasteiger partial charge < -0.3 is 5.32 Å². The van der Waals surface area contributed by atoms with E-state index in [4.69, 9.17) is 47.0 Å². The summed E-state index contributed by atoms with van der Waals surface area (Å²) >= 11 is 22.4. The maximum absolute atomic E-state index is 12.1. The number of rotatable bonds is 3.